The molecular formula is C29H34N2O4S. The van der Waals surface area contributed by atoms with Crippen molar-refractivity contribution in [2.75, 3.05) is 18.6 Å². The molecule has 1 aliphatic heterocycles. The molecule has 0 N–H and O–H groups in total. The molecule has 1 heterocycles. The highest BCUT2D eigenvalue weighted by Gasteiger charge is 2.43. The first-order valence-corrected chi connectivity index (χ1v) is 13.6. The van der Waals surface area contributed by atoms with Gasteiger partial charge in [0.1, 0.15) is 10.6 Å². The average Bonchev–Trinajstić information content (AvgIpc) is 3.14. The molecule has 7 heteroatoms. The second kappa shape index (κ2) is 11.8. The van der Waals surface area contributed by atoms with Crippen molar-refractivity contribution in [2.45, 2.75) is 69.7 Å². The molecule has 0 atom stereocenters. The molecule has 2 amide bonds. The summed E-state index contributed by atoms with van der Waals surface area (Å²) in [5.74, 6) is -1.05. The number of nitrogens with zero attached hydrogens (tertiary/aromatic N) is 2. The molecule has 0 unspecified atom stereocenters. The minimum Gasteiger partial charge on any atom is -0.462 e. The first-order valence-electron chi connectivity index (χ1n) is 12.8. The van der Waals surface area contributed by atoms with Crippen molar-refractivity contribution >= 4 is 35.2 Å². The number of likely N-dealkylation sites (N-methyl/N-ethyl adjacent to an activating group) is 1. The van der Waals surface area contributed by atoms with Crippen LogP contribution in [0.2, 0.25) is 0 Å². The Kier molecular flexibility index (Phi) is 8.52. The summed E-state index contributed by atoms with van der Waals surface area (Å²) >= 11 is 1.34. The molecule has 1 aliphatic carbocycles. The molecular weight excluding hydrogens is 472 g/mol. The lowest BCUT2D eigenvalue weighted by molar-refractivity contribution is -0.121. The number of imide groups is 1. The van der Waals surface area contributed by atoms with Crippen LogP contribution in [0.15, 0.2) is 64.0 Å². The summed E-state index contributed by atoms with van der Waals surface area (Å²) in [6, 6.07) is 14.7. The van der Waals surface area contributed by atoms with E-state index in [1.54, 1.807) is 24.3 Å². The van der Waals surface area contributed by atoms with Gasteiger partial charge in [0, 0.05) is 18.0 Å². The smallest absolute Gasteiger partial charge is 0.338 e. The van der Waals surface area contributed by atoms with E-state index in [-0.39, 0.29) is 17.9 Å². The Labute approximate surface area is 217 Å². The number of carbonyl (C=O) groups excluding carboxylic acids is 3. The van der Waals surface area contributed by atoms with Gasteiger partial charge in [-0.1, -0.05) is 62.1 Å². The van der Waals surface area contributed by atoms with Crippen molar-refractivity contribution in [1.82, 2.24) is 4.90 Å². The zero-order valence-corrected chi connectivity index (χ0v) is 22.1. The van der Waals surface area contributed by atoms with Gasteiger partial charge in [0.2, 0.25) is 0 Å². The van der Waals surface area contributed by atoms with Gasteiger partial charge in [0.15, 0.2) is 0 Å². The predicted molar refractivity (Wildman–Crippen MR) is 143 cm³/mol. The lowest BCUT2D eigenvalue weighted by atomic mass is 9.94. The number of rotatable bonds is 9. The van der Waals surface area contributed by atoms with Crippen molar-refractivity contribution in [3.05, 3.63) is 70.3 Å². The normalized spacial score (nSPS) is 16.6. The Hall–Kier alpha value is -3.06. The zero-order chi connectivity index (χ0) is 25.7. The first kappa shape index (κ1) is 26.0. The summed E-state index contributed by atoms with van der Waals surface area (Å²) in [6.45, 7) is 4.43. The summed E-state index contributed by atoms with van der Waals surface area (Å²) in [7, 11) is 1.94. The topological polar surface area (TPSA) is 66.9 Å². The van der Waals surface area contributed by atoms with Crippen LogP contribution in [-0.4, -0.2) is 42.4 Å². The third-order valence-corrected chi connectivity index (χ3v) is 7.91. The van der Waals surface area contributed by atoms with Crippen LogP contribution in [0.4, 0.5) is 5.69 Å². The number of aryl methyl sites for hydroxylation is 1. The molecule has 36 heavy (non-hydrogen) atoms. The van der Waals surface area contributed by atoms with E-state index >= 15 is 0 Å². The fourth-order valence-electron chi connectivity index (χ4n) is 4.65. The Morgan fingerprint density at radius 1 is 1.00 bits per heavy atom. The van der Waals surface area contributed by atoms with Gasteiger partial charge < -0.3 is 9.64 Å². The van der Waals surface area contributed by atoms with Gasteiger partial charge in [-0.05, 0) is 62.6 Å². The number of hydrogen-bond acceptors (Lipinski definition) is 6. The highest BCUT2D eigenvalue weighted by Crippen LogP contribution is 2.40. The Morgan fingerprint density at radius 3 is 2.31 bits per heavy atom. The van der Waals surface area contributed by atoms with E-state index in [9.17, 15) is 14.4 Å². The van der Waals surface area contributed by atoms with E-state index in [0.29, 0.717) is 28.5 Å². The maximum atomic E-state index is 13.7. The lowest BCUT2D eigenvalue weighted by Gasteiger charge is -2.33. The van der Waals surface area contributed by atoms with Crippen molar-refractivity contribution in [3.8, 4) is 0 Å². The Bertz CT molecular complexity index is 1130. The molecule has 190 valence electrons. The van der Waals surface area contributed by atoms with Gasteiger partial charge >= 0.3 is 5.97 Å². The van der Waals surface area contributed by atoms with E-state index < -0.39 is 5.97 Å². The quantitative estimate of drug-likeness (QED) is 0.233. The number of thioether (sulfide) groups is 1. The van der Waals surface area contributed by atoms with Crippen molar-refractivity contribution < 1.29 is 19.1 Å². The largest absolute Gasteiger partial charge is 0.462 e. The highest BCUT2D eigenvalue weighted by molar-refractivity contribution is 8.04. The van der Waals surface area contributed by atoms with Crippen LogP contribution in [0.1, 0.15) is 67.8 Å². The van der Waals surface area contributed by atoms with Crippen LogP contribution in [0, 0.1) is 6.92 Å². The number of benzene rings is 2. The third kappa shape index (κ3) is 5.67. The van der Waals surface area contributed by atoms with Crippen molar-refractivity contribution in [2.24, 2.45) is 0 Å². The van der Waals surface area contributed by atoms with E-state index in [4.69, 9.17) is 4.74 Å². The zero-order valence-electron chi connectivity index (χ0n) is 21.3. The fraction of sp³-hybridized carbons (Fsp3) is 0.414. The molecule has 2 aromatic rings. The molecule has 0 saturated heterocycles. The van der Waals surface area contributed by atoms with Gasteiger partial charge in [-0.25, -0.2) is 9.69 Å². The summed E-state index contributed by atoms with van der Waals surface area (Å²) in [6.07, 6.45) is 7.25. The maximum absolute atomic E-state index is 13.7. The van der Waals surface area contributed by atoms with Crippen LogP contribution in [0.3, 0.4) is 0 Å². The molecule has 0 bridgehead atoms. The fourth-order valence-corrected chi connectivity index (χ4v) is 5.66. The molecule has 1 saturated carbocycles. The number of ether oxygens (including phenoxy) is 1. The number of hydrogen-bond donors (Lipinski definition) is 0. The van der Waals surface area contributed by atoms with Gasteiger partial charge in [-0.2, -0.15) is 0 Å². The standard InChI is InChI=1S/C29H34N2O4S/c1-4-5-19-35-29(34)21-13-15-23(16-14-21)31-27(32)25(30(3)22-9-7-6-8-10-22)26(28(31)33)36-24-17-11-20(2)12-18-24/h11-18,22H,4-10,19H2,1-3H3. The predicted octanol–water partition coefficient (Wildman–Crippen LogP) is 6.09. The molecule has 0 radical (unpaired) electrons. The maximum Gasteiger partial charge on any atom is 0.338 e. The minimum absolute atomic E-state index is 0.235. The number of carbonyl (C=O) groups is 3. The molecule has 0 aromatic heterocycles. The molecule has 0 spiro atoms. The molecule has 4 rings (SSSR count). The third-order valence-electron chi connectivity index (χ3n) is 6.83. The van der Waals surface area contributed by atoms with Crippen LogP contribution in [0.5, 0.6) is 0 Å². The average molecular weight is 507 g/mol. The number of esters is 1. The molecule has 6 nitrogen and oxygen atoms in total. The van der Waals surface area contributed by atoms with Gasteiger partial charge in [0.25, 0.3) is 11.8 Å². The summed E-state index contributed by atoms with van der Waals surface area (Å²) in [4.78, 5) is 44.3. The number of anilines is 1. The minimum atomic E-state index is -0.402. The van der Waals surface area contributed by atoms with Gasteiger partial charge in [0.05, 0.1) is 17.9 Å². The van der Waals surface area contributed by atoms with Gasteiger partial charge in [-0.3, -0.25) is 9.59 Å². The number of amides is 2. The monoisotopic (exact) mass is 506 g/mol. The van der Waals surface area contributed by atoms with Crippen molar-refractivity contribution in [3.63, 3.8) is 0 Å². The molecule has 1 fully saturated rings. The van der Waals surface area contributed by atoms with E-state index in [2.05, 4.69) is 0 Å². The Balaban J connectivity index is 1.61. The molecule has 2 aromatic carbocycles. The first-order chi connectivity index (χ1) is 17.4. The SMILES string of the molecule is CCCCOC(=O)c1ccc(N2C(=O)C(Sc3ccc(C)cc3)=C(N(C)C3CCCCC3)C2=O)cc1. The van der Waals surface area contributed by atoms with Crippen LogP contribution >= 0.6 is 11.8 Å². The summed E-state index contributed by atoms with van der Waals surface area (Å²) < 4.78 is 5.28. The Morgan fingerprint density at radius 2 is 1.67 bits per heavy atom. The van der Waals surface area contributed by atoms with E-state index in [1.807, 2.05) is 50.1 Å². The second-order valence-electron chi connectivity index (χ2n) is 9.48. The van der Waals surface area contributed by atoms with E-state index in [1.165, 1.54) is 23.1 Å². The van der Waals surface area contributed by atoms with Crippen LogP contribution < -0.4 is 4.90 Å². The lowest BCUT2D eigenvalue weighted by Crippen LogP contribution is -2.38. The van der Waals surface area contributed by atoms with Crippen LogP contribution in [-0.2, 0) is 14.3 Å². The summed E-state index contributed by atoms with van der Waals surface area (Å²) in [5, 5.41) is 0. The van der Waals surface area contributed by atoms with Gasteiger partial charge in [-0.15, -0.1) is 0 Å². The van der Waals surface area contributed by atoms with Crippen LogP contribution in [0.25, 0.3) is 0 Å². The highest BCUT2D eigenvalue weighted by atomic mass is 32.2. The summed E-state index contributed by atoms with van der Waals surface area (Å²) in [5.41, 5.74) is 2.44. The number of unbranched alkanes of at least 4 members (excludes halogenated alkanes) is 1. The second-order valence-corrected chi connectivity index (χ2v) is 10.6. The van der Waals surface area contributed by atoms with Crippen molar-refractivity contribution in [1.29, 1.82) is 0 Å². The molecule has 2 aliphatic rings. The van der Waals surface area contributed by atoms with E-state index in [0.717, 1.165) is 49.0 Å².